The molecule has 0 fully saturated rings. The predicted octanol–water partition coefficient (Wildman–Crippen LogP) is 4.34. The van der Waals surface area contributed by atoms with Gasteiger partial charge in [0.2, 0.25) is 0 Å². The van der Waals surface area contributed by atoms with E-state index in [1.165, 1.54) is 24.8 Å². The third-order valence-corrected chi connectivity index (χ3v) is 2.10. The summed E-state index contributed by atoms with van der Waals surface area (Å²) in [5.41, 5.74) is 1.37. The van der Waals surface area contributed by atoms with E-state index in [0.717, 1.165) is 6.42 Å². The van der Waals surface area contributed by atoms with Gasteiger partial charge in [0.25, 0.3) is 0 Å². The minimum Gasteiger partial charge on any atom is -0.0993 e. The smallest absolute Gasteiger partial charge is 0.00544 e. The Bertz CT molecular complexity index is 142. The van der Waals surface area contributed by atoms with E-state index >= 15 is 0 Å². The zero-order valence-corrected chi connectivity index (χ0v) is 8.77. The standard InChI is InChI=1S/C12H22/c1-5-7-8-10-12(4)11(3)9-6-2/h8,10,12H,3,5-7,9H2,1-2,4H3. The first-order valence-corrected chi connectivity index (χ1v) is 5.06. The van der Waals surface area contributed by atoms with E-state index < -0.39 is 0 Å². The summed E-state index contributed by atoms with van der Waals surface area (Å²) in [5, 5.41) is 0. The Morgan fingerprint density at radius 2 is 2.00 bits per heavy atom. The van der Waals surface area contributed by atoms with E-state index in [4.69, 9.17) is 0 Å². The van der Waals surface area contributed by atoms with Crippen molar-refractivity contribution in [2.45, 2.75) is 46.5 Å². The molecule has 0 aliphatic rings. The van der Waals surface area contributed by atoms with Crippen LogP contribution in [0.2, 0.25) is 0 Å². The Kier molecular flexibility index (Phi) is 6.84. The Balaban J connectivity index is 3.69. The Morgan fingerprint density at radius 1 is 1.33 bits per heavy atom. The van der Waals surface area contributed by atoms with Crippen LogP contribution < -0.4 is 0 Å². The zero-order chi connectivity index (χ0) is 9.40. The summed E-state index contributed by atoms with van der Waals surface area (Å²) < 4.78 is 0. The fraction of sp³-hybridized carbons (Fsp3) is 0.667. The van der Waals surface area contributed by atoms with Gasteiger partial charge in [0.15, 0.2) is 0 Å². The number of unbranched alkanes of at least 4 members (excludes halogenated alkanes) is 1. The molecule has 70 valence electrons. The first kappa shape index (κ1) is 11.5. The summed E-state index contributed by atoms with van der Waals surface area (Å²) in [6, 6.07) is 0. The van der Waals surface area contributed by atoms with Gasteiger partial charge >= 0.3 is 0 Å². The highest BCUT2D eigenvalue weighted by molar-refractivity contribution is 5.07. The van der Waals surface area contributed by atoms with Gasteiger partial charge in [0.1, 0.15) is 0 Å². The zero-order valence-electron chi connectivity index (χ0n) is 8.77. The minimum atomic E-state index is 0.566. The molecule has 1 atom stereocenters. The second kappa shape index (κ2) is 7.15. The molecular weight excluding hydrogens is 144 g/mol. The molecule has 0 aromatic carbocycles. The number of allylic oxidation sites excluding steroid dienone is 3. The molecule has 0 nitrogen and oxygen atoms in total. The monoisotopic (exact) mass is 166 g/mol. The highest BCUT2D eigenvalue weighted by Gasteiger charge is 1.99. The number of hydrogen-bond donors (Lipinski definition) is 0. The quantitative estimate of drug-likeness (QED) is 0.515. The molecule has 0 aliphatic carbocycles. The van der Waals surface area contributed by atoms with Gasteiger partial charge in [-0.1, -0.05) is 57.9 Å². The maximum atomic E-state index is 4.07. The molecule has 0 saturated heterocycles. The number of hydrogen-bond acceptors (Lipinski definition) is 0. The molecule has 0 aromatic heterocycles. The summed E-state index contributed by atoms with van der Waals surface area (Å²) in [5.74, 6) is 0.566. The van der Waals surface area contributed by atoms with Crippen LogP contribution in [0.3, 0.4) is 0 Å². The molecule has 0 radical (unpaired) electrons. The van der Waals surface area contributed by atoms with Crippen molar-refractivity contribution in [2.75, 3.05) is 0 Å². The van der Waals surface area contributed by atoms with Crippen LogP contribution in [-0.2, 0) is 0 Å². The van der Waals surface area contributed by atoms with E-state index in [1.54, 1.807) is 0 Å². The SMILES string of the molecule is C=C(CCC)C(C)C=CCCC. The van der Waals surface area contributed by atoms with Gasteiger partial charge in [0.05, 0.1) is 0 Å². The van der Waals surface area contributed by atoms with Crippen LogP contribution in [0.15, 0.2) is 24.3 Å². The predicted molar refractivity (Wildman–Crippen MR) is 57.3 cm³/mol. The molecule has 0 spiro atoms. The lowest BCUT2D eigenvalue weighted by molar-refractivity contribution is 0.760. The van der Waals surface area contributed by atoms with Crippen LogP contribution in [0.5, 0.6) is 0 Å². The molecule has 12 heavy (non-hydrogen) atoms. The van der Waals surface area contributed by atoms with Crippen LogP contribution in [0.4, 0.5) is 0 Å². The summed E-state index contributed by atoms with van der Waals surface area (Å²) >= 11 is 0. The van der Waals surface area contributed by atoms with Crippen molar-refractivity contribution in [3.63, 3.8) is 0 Å². The topological polar surface area (TPSA) is 0 Å². The maximum absolute atomic E-state index is 4.07. The molecule has 0 saturated carbocycles. The largest absolute Gasteiger partial charge is 0.0993 e. The minimum absolute atomic E-state index is 0.566. The van der Waals surface area contributed by atoms with E-state index in [0.29, 0.717) is 5.92 Å². The van der Waals surface area contributed by atoms with Gasteiger partial charge in [-0.25, -0.2) is 0 Å². The molecule has 0 bridgehead atoms. The van der Waals surface area contributed by atoms with Crippen LogP contribution in [0, 0.1) is 5.92 Å². The third kappa shape index (κ3) is 5.17. The molecule has 0 aliphatic heterocycles. The molecule has 0 aromatic rings. The molecule has 1 unspecified atom stereocenters. The highest BCUT2D eigenvalue weighted by Crippen LogP contribution is 2.15. The summed E-state index contributed by atoms with van der Waals surface area (Å²) in [4.78, 5) is 0. The highest BCUT2D eigenvalue weighted by atomic mass is 14.1. The average molecular weight is 166 g/mol. The summed E-state index contributed by atoms with van der Waals surface area (Å²) in [6.45, 7) is 10.7. The average Bonchev–Trinajstić information content (AvgIpc) is 2.05. The van der Waals surface area contributed by atoms with Crippen molar-refractivity contribution < 1.29 is 0 Å². The Hall–Kier alpha value is -0.520. The van der Waals surface area contributed by atoms with Gasteiger partial charge in [0, 0.05) is 0 Å². The second-order valence-electron chi connectivity index (χ2n) is 3.41. The fourth-order valence-electron chi connectivity index (χ4n) is 1.15. The molecule has 0 N–H and O–H groups in total. The van der Waals surface area contributed by atoms with Gasteiger partial charge in [-0.15, -0.1) is 0 Å². The molecule has 0 heteroatoms. The second-order valence-corrected chi connectivity index (χ2v) is 3.41. The van der Waals surface area contributed by atoms with Crippen LogP contribution in [-0.4, -0.2) is 0 Å². The Labute approximate surface area is 77.4 Å². The molecular formula is C12H22. The van der Waals surface area contributed by atoms with Crippen LogP contribution in [0.1, 0.15) is 46.5 Å². The lowest BCUT2D eigenvalue weighted by Crippen LogP contribution is -1.93. The van der Waals surface area contributed by atoms with Crippen LogP contribution in [0.25, 0.3) is 0 Å². The van der Waals surface area contributed by atoms with Crippen molar-refractivity contribution in [1.82, 2.24) is 0 Å². The lowest BCUT2D eigenvalue weighted by atomic mass is 9.98. The molecule has 0 heterocycles. The molecule has 0 amide bonds. The van der Waals surface area contributed by atoms with E-state index in [1.807, 2.05) is 0 Å². The Morgan fingerprint density at radius 3 is 2.50 bits per heavy atom. The van der Waals surface area contributed by atoms with Crippen molar-refractivity contribution in [2.24, 2.45) is 5.92 Å². The van der Waals surface area contributed by atoms with Gasteiger partial charge in [-0.05, 0) is 18.8 Å². The fourth-order valence-corrected chi connectivity index (χ4v) is 1.15. The van der Waals surface area contributed by atoms with E-state index in [2.05, 4.69) is 39.5 Å². The summed E-state index contributed by atoms with van der Waals surface area (Å²) in [7, 11) is 0. The van der Waals surface area contributed by atoms with Crippen molar-refractivity contribution in [3.8, 4) is 0 Å². The van der Waals surface area contributed by atoms with E-state index in [-0.39, 0.29) is 0 Å². The maximum Gasteiger partial charge on any atom is -0.00544 e. The van der Waals surface area contributed by atoms with Crippen LogP contribution >= 0.6 is 0 Å². The normalized spacial score (nSPS) is 13.6. The van der Waals surface area contributed by atoms with Gasteiger partial charge in [-0.3, -0.25) is 0 Å². The van der Waals surface area contributed by atoms with E-state index in [9.17, 15) is 0 Å². The van der Waals surface area contributed by atoms with Gasteiger partial charge < -0.3 is 0 Å². The number of rotatable bonds is 6. The van der Waals surface area contributed by atoms with Crippen molar-refractivity contribution in [3.05, 3.63) is 24.3 Å². The third-order valence-electron chi connectivity index (χ3n) is 2.10. The van der Waals surface area contributed by atoms with Crippen molar-refractivity contribution >= 4 is 0 Å². The van der Waals surface area contributed by atoms with Gasteiger partial charge in [-0.2, -0.15) is 0 Å². The van der Waals surface area contributed by atoms with Crippen molar-refractivity contribution in [1.29, 1.82) is 0 Å². The summed E-state index contributed by atoms with van der Waals surface area (Å²) in [6.07, 6.45) is 9.36. The first-order valence-electron chi connectivity index (χ1n) is 5.06. The lowest BCUT2D eigenvalue weighted by Gasteiger charge is -2.08. The first-order chi connectivity index (χ1) is 5.72. The molecule has 0 rings (SSSR count).